The summed E-state index contributed by atoms with van der Waals surface area (Å²) in [7, 11) is 0. The standard InChI is InChI=1S/C23H19N7S/c1-3-13(12-14(24)4-2)15-7-8-17-20(26-15)22(30-29-17)23-27-16-9-10-25-21(19(16)28-23)18-6-5-11-31-18/h3-12H,2,24H2,1H3,(H,27,28)(H,29,30)/b13-3+,14-12+. The average Bonchev–Trinajstić information content (AvgIpc) is 3.55. The van der Waals surface area contributed by atoms with Crippen LogP contribution in [0, 0.1) is 0 Å². The van der Waals surface area contributed by atoms with E-state index in [1.54, 1.807) is 23.6 Å². The second kappa shape index (κ2) is 7.66. The number of H-pyrrole nitrogens is 2. The molecule has 0 aliphatic heterocycles. The third-order valence-corrected chi connectivity index (χ3v) is 5.83. The SMILES string of the molecule is C=C/C(N)=C\C(=C/C)c1ccc2[nH]nc(-c3nc4c(-c5cccs5)nccc4[nH]3)c2n1. The van der Waals surface area contributed by atoms with Gasteiger partial charge in [0.05, 0.1) is 21.6 Å². The number of aromatic nitrogens is 6. The van der Waals surface area contributed by atoms with Crippen molar-refractivity contribution in [1.29, 1.82) is 0 Å². The molecule has 0 unspecified atom stereocenters. The highest BCUT2D eigenvalue weighted by atomic mass is 32.1. The van der Waals surface area contributed by atoms with Crippen LogP contribution in [0.2, 0.25) is 0 Å². The van der Waals surface area contributed by atoms with E-state index in [0.717, 1.165) is 43.9 Å². The van der Waals surface area contributed by atoms with Crippen LogP contribution in [0.15, 0.2) is 72.4 Å². The molecule has 0 bridgehead atoms. The van der Waals surface area contributed by atoms with Crippen molar-refractivity contribution in [2.75, 3.05) is 0 Å². The molecule has 7 nitrogen and oxygen atoms in total. The first-order chi connectivity index (χ1) is 15.2. The second-order valence-electron chi connectivity index (χ2n) is 6.88. The summed E-state index contributed by atoms with van der Waals surface area (Å²) in [5.41, 5.74) is 13.0. The predicted octanol–water partition coefficient (Wildman–Crippen LogP) is 5.06. The molecule has 0 atom stereocenters. The molecule has 0 saturated heterocycles. The highest BCUT2D eigenvalue weighted by Gasteiger charge is 2.17. The van der Waals surface area contributed by atoms with Gasteiger partial charge in [0, 0.05) is 11.9 Å². The van der Waals surface area contributed by atoms with E-state index >= 15 is 0 Å². The first kappa shape index (κ1) is 19.0. The fourth-order valence-corrected chi connectivity index (χ4v) is 4.13. The fraction of sp³-hybridized carbons (Fsp3) is 0.0435. The highest BCUT2D eigenvalue weighted by Crippen LogP contribution is 2.32. The summed E-state index contributed by atoms with van der Waals surface area (Å²) >= 11 is 1.63. The molecular weight excluding hydrogens is 406 g/mol. The Kier molecular flexibility index (Phi) is 4.68. The topological polar surface area (TPSA) is 109 Å². The van der Waals surface area contributed by atoms with Crippen LogP contribution in [-0.4, -0.2) is 30.1 Å². The Morgan fingerprint density at radius 2 is 1.97 bits per heavy atom. The van der Waals surface area contributed by atoms with E-state index < -0.39 is 0 Å². The zero-order chi connectivity index (χ0) is 21.4. The average molecular weight is 426 g/mol. The molecule has 0 aliphatic carbocycles. The molecule has 0 fully saturated rings. The molecule has 0 aliphatic rings. The zero-order valence-corrected chi connectivity index (χ0v) is 17.6. The summed E-state index contributed by atoms with van der Waals surface area (Å²) in [4.78, 5) is 18.6. The molecule has 0 radical (unpaired) electrons. The molecule has 0 amide bonds. The summed E-state index contributed by atoms with van der Waals surface area (Å²) in [5.74, 6) is 0.639. The molecule has 5 aromatic heterocycles. The number of allylic oxidation sites excluding steroid dienone is 4. The number of nitrogens with one attached hydrogen (secondary N) is 2. The second-order valence-corrected chi connectivity index (χ2v) is 7.82. The minimum absolute atomic E-state index is 0.577. The fourth-order valence-electron chi connectivity index (χ4n) is 3.41. The Balaban J connectivity index is 1.65. The monoisotopic (exact) mass is 425 g/mol. The van der Waals surface area contributed by atoms with Gasteiger partial charge in [-0.1, -0.05) is 18.7 Å². The van der Waals surface area contributed by atoms with Crippen LogP contribution in [0.25, 0.3) is 49.7 Å². The first-order valence-corrected chi connectivity index (χ1v) is 10.6. The minimum atomic E-state index is 0.577. The van der Waals surface area contributed by atoms with Crippen molar-refractivity contribution in [3.05, 3.63) is 78.1 Å². The summed E-state index contributed by atoms with van der Waals surface area (Å²) in [6.07, 6.45) is 7.21. The molecular formula is C23H19N7S. The Morgan fingerprint density at radius 3 is 2.74 bits per heavy atom. The Morgan fingerprint density at radius 1 is 1.10 bits per heavy atom. The van der Waals surface area contributed by atoms with Gasteiger partial charge in [-0.15, -0.1) is 11.3 Å². The summed E-state index contributed by atoms with van der Waals surface area (Å²) in [6, 6.07) is 9.85. The van der Waals surface area contributed by atoms with Crippen molar-refractivity contribution in [2.24, 2.45) is 5.73 Å². The van der Waals surface area contributed by atoms with E-state index in [0.29, 0.717) is 17.2 Å². The lowest BCUT2D eigenvalue weighted by Gasteiger charge is -2.03. The van der Waals surface area contributed by atoms with E-state index in [2.05, 4.69) is 26.7 Å². The van der Waals surface area contributed by atoms with Gasteiger partial charge in [0.1, 0.15) is 16.7 Å². The van der Waals surface area contributed by atoms with E-state index in [1.165, 1.54) is 0 Å². The van der Waals surface area contributed by atoms with Crippen molar-refractivity contribution in [3.63, 3.8) is 0 Å². The molecule has 0 aromatic carbocycles. The largest absolute Gasteiger partial charge is 0.399 e. The van der Waals surface area contributed by atoms with Gasteiger partial charge in [-0.05, 0) is 54.3 Å². The van der Waals surface area contributed by atoms with E-state index in [9.17, 15) is 0 Å². The van der Waals surface area contributed by atoms with Crippen LogP contribution in [0.4, 0.5) is 0 Å². The van der Waals surface area contributed by atoms with Crippen LogP contribution < -0.4 is 5.73 Å². The number of hydrogen-bond donors (Lipinski definition) is 3. The van der Waals surface area contributed by atoms with Gasteiger partial charge in [0.25, 0.3) is 0 Å². The Labute approximate surface area is 182 Å². The molecule has 0 spiro atoms. The van der Waals surface area contributed by atoms with Gasteiger partial charge in [-0.3, -0.25) is 10.1 Å². The molecule has 8 heteroatoms. The number of imidazole rings is 1. The van der Waals surface area contributed by atoms with Crippen LogP contribution >= 0.6 is 11.3 Å². The van der Waals surface area contributed by atoms with Crippen molar-refractivity contribution >= 4 is 39.0 Å². The van der Waals surface area contributed by atoms with Gasteiger partial charge in [0.15, 0.2) is 11.5 Å². The number of fused-ring (bicyclic) bond motifs is 2. The van der Waals surface area contributed by atoms with E-state index in [4.69, 9.17) is 15.7 Å². The van der Waals surface area contributed by atoms with Crippen molar-refractivity contribution < 1.29 is 0 Å². The smallest absolute Gasteiger partial charge is 0.161 e. The maximum absolute atomic E-state index is 5.93. The predicted molar refractivity (Wildman–Crippen MR) is 126 cm³/mol. The highest BCUT2D eigenvalue weighted by molar-refractivity contribution is 7.13. The van der Waals surface area contributed by atoms with Gasteiger partial charge in [0.2, 0.25) is 0 Å². The molecule has 5 aromatic rings. The number of hydrogen-bond acceptors (Lipinski definition) is 6. The Bertz CT molecular complexity index is 1470. The number of nitrogens with zero attached hydrogens (tertiary/aromatic N) is 4. The van der Waals surface area contributed by atoms with Crippen LogP contribution in [0.1, 0.15) is 12.6 Å². The normalized spacial score (nSPS) is 12.7. The maximum atomic E-state index is 5.93. The van der Waals surface area contributed by atoms with Crippen LogP contribution in [0.5, 0.6) is 0 Å². The summed E-state index contributed by atoms with van der Waals surface area (Å²) in [6.45, 7) is 5.66. The van der Waals surface area contributed by atoms with E-state index in [-0.39, 0.29) is 0 Å². The van der Waals surface area contributed by atoms with Crippen molar-refractivity contribution in [2.45, 2.75) is 6.92 Å². The van der Waals surface area contributed by atoms with Gasteiger partial charge in [-0.2, -0.15) is 5.10 Å². The lowest BCUT2D eigenvalue weighted by Crippen LogP contribution is -1.95. The lowest BCUT2D eigenvalue weighted by atomic mass is 10.1. The summed E-state index contributed by atoms with van der Waals surface area (Å²) < 4.78 is 0. The zero-order valence-electron chi connectivity index (χ0n) is 16.8. The van der Waals surface area contributed by atoms with E-state index in [1.807, 2.05) is 54.8 Å². The number of thiophene rings is 1. The van der Waals surface area contributed by atoms with Crippen LogP contribution in [-0.2, 0) is 0 Å². The lowest BCUT2D eigenvalue weighted by molar-refractivity contribution is 1.10. The maximum Gasteiger partial charge on any atom is 0.161 e. The molecule has 0 saturated carbocycles. The molecule has 152 valence electrons. The number of pyridine rings is 2. The Hall–Kier alpha value is -4.04. The van der Waals surface area contributed by atoms with Crippen LogP contribution in [0.3, 0.4) is 0 Å². The number of aromatic amines is 2. The molecule has 4 N–H and O–H groups in total. The summed E-state index contributed by atoms with van der Waals surface area (Å²) in [5, 5.41) is 9.56. The third kappa shape index (κ3) is 3.32. The third-order valence-electron chi connectivity index (χ3n) is 4.95. The number of rotatable bonds is 5. The first-order valence-electron chi connectivity index (χ1n) is 9.68. The minimum Gasteiger partial charge on any atom is -0.399 e. The van der Waals surface area contributed by atoms with Crippen molar-refractivity contribution in [1.82, 2.24) is 30.1 Å². The van der Waals surface area contributed by atoms with Crippen molar-refractivity contribution in [3.8, 4) is 22.1 Å². The molecule has 5 rings (SSSR count). The van der Waals surface area contributed by atoms with Gasteiger partial charge < -0.3 is 10.7 Å². The van der Waals surface area contributed by atoms with Gasteiger partial charge in [-0.25, -0.2) is 9.97 Å². The number of nitrogens with two attached hydrogens (primary N) is 1. The molecule has 5 heterocycles. The quantitative estimate of drug-likeness (QED) is 0.341. The van der Waals surface area contributed by atoms with Gasteiger partial charge >= 0.3 is 0 Å². The molecule has 31 heavy (non-hydrogen) atoms.